The third kappa shape index (κ3) is 12.6. The number of aryl methyl sites for hydroxylation is 1. The van der Waals surface area contributed by atoms with E-state index in [4.69, 9.17) is 10.8 Å². The van der Waals surface area contributed by atoms with E-state index in [0.29, 0.717) is 5.16 Å². The summed E-state index contributed by atoms with van der Waals surface area (Å²) in [7, 11) is 1.83. The first-order valence-corrected chi connectivity index (χ1v) is 13.7. The minimum absolute atomic E-state index is 0.0863. The third-order valence-electron chi connectivity index (χ3n) is 6.04. The van der Waals surface area contributed by atoms with Gasteiger partial charge in [0.25, 0.3) is 0 Å². The summed E-state index contributed by atoms with van der Waals surface area (Å²) in [5.74, 6) is -1.34. The van der Waals surface area contributed by atoms with Crippen LogP contribution in [0.25, 0.3) is 0 Å². The molecular weight excluding hydrogens is 450 g/mol. The number of nitrogens with zero attached hydrogens (tertiary/aromatic N) is 2. The number of aliphatic hydroxyl groups excluding tert-OH is 1. The molecule has 0 saturated carbocycles. The molecule has 4 N–H and O–H groups in total. The van der Waals surface area contributed by atoms with Crippen molar-refractivity contribution in [3.8, 4) is 0 Å². The van der Waals surface area contributed by atoms with Gasteiger partial charge in [0.15, 0.2) is 5.16 Å². The second-order valence-corrected chi connectivity index (χ2v) is 10.3. The Balaban J connectivity index is 2.56. The number of carboxylic acids is 1. The number of carbonyl (C=O) groups is 2. The number of nitrogens with two attached hydrogens (primary N) is 1. The Hall–Kier alpha value is -1.80. The molecule has 0 spiro atoms. The highest BCUT2D eigenvalue weighted by molar-refractivity contribution is 8.00. The first-order chi connectivity index (χ1) is 16.3. The van der Waals surface area contributed by atoms with Crippen molar-refractivity contribution in [1.29, 1.82) is 0 Å². The molecule has 1 aromatic rings. The van der Waals surface area contributed by atoms with Crippen LogP contribution in [0, 0.1) is 6.92 Å². The van der Waals surface area contributed by atoms with Crippen molar-refractivity contribution < 1.29 is 19.8 Å². The van der Waals surface area contributed by atoms with Crippen LogP contribution >= 0.6 is 11.8 Å². The largest absolute Gasteiger partial charge is 0.481 e. The van der Waals surface area contributed by atoms with Gasteiger partial charge in [0.1, 0.15) is 0 Å². The third-order valence-corrected chi connectivity index (χ3v) is 7.36. The summed E-state index contributed by atoms with van der Waals surface area (Å²) in [4.78, 5) is 26.9. The van der Waals surface area contributed by atoms with Gasteiger partial charge in [-0.2, -0.15) is 0 Å². The fourth-order valence-electron chi connectivity index (χ4n) is 3.94. The van der Waals surface area contributed by atoms with Gasteiger partial charge in [0.2, 0.25) is 5.91 Å². The number of allylic oxidation sites excluding steroid dienone is 1. The van der Waals surface area contributed by atoms with E-state index >= 15 is 0 Å². The molecule has 194 valence electrons. The van der Waals surface area contributed by atoms with Gasteiger partial charge in [-0.25, -0.2) is 4.98 Å². The monoisotopic (exact) mass is 495 g/mol. The fourth-order valence-corrected chi connectivity index (χ4v) is 5.13. The van der Waals surface area contributed by atoms with Gasteiger partial charge in [-0.1, -0.05) is 88.6 Å². The van der Waals surface area contributed by atoms with Crippen molar-refractivity contribution >= 4 is 23.6 Å². The lowest BCUT2D eigenvalue weighted by Gasteiger charge is -2.19. The highest BCUT2D eigenvalue weighted by Gasteiger charge is 2.23. The SMILES string of the molecule is CCCCCCCCCCCCC=CC(Sc1nc(C)c(CC(N)=O)n1C)C(O)CCC(=O)O. The summed E-state index contributed by atoms with van der Waals surface area (Å²) in [6.07, 6.45) is 17.3. The number of unbranched alkanes of at least 4 members (excludes halogenated alkanes) is 10. The van der Waals surface area contributed by atoms with Crippen molar-refractivity contribution in [3.63, 3.8) is 0 Å². The number of carboxylic acid groups (broad SMARTS) is 1. The van der Waals surface area contributed by atoms with Gasteiger partial charge in [0.05, 0.1) is 29.2 Å². The van der Waals surface area contributed by atoms with Gasteiger partial charge >= 0.3 is 5.97 Å². The van der Waals surface area contributed by atoms with Gasteiger partial charge in [-0.15, -0.1) is 0 Å². The lowest BCUT2D eigenvalue weighted by atomic mass is 10.1. The van der Waals surface area contributed by atoms with E-state index in [9.17, 15) is 14.7 Å². The number of aliphatic hydroxyl groups is 1. The molecule has 2 atom stereocenters. The van der Waals surface area contributed by atoms with Gasteiger partial charge in [0, 0.05) is 13.5 Å². The van der Waals surface area contributed by atoms with E-state index < -0.39 is 18.0 Å². The van der Waals surface area contributed by atoms with Crippen molar-refractivity contribution in [2.75, 3.05) is 0 Å². The number of hydrogen-bond acceptors (Lipinski definition) is 5. The average molecular weight is 496 g/mol. The number of hydrogen-bond donors (Lipinski definition) is 3. The Kier molecular flexibility index (Phi) is 15.7. The zero-order valence-corrected chi connectivity index (χ0v) is 22.1. The Morgan fingerprint density at radius 3 is 2.24 bits per heavy atom. The Morgan fingerprint density at radius 2 is 1.68 bits per heavy atom. The van der Waals surface area contributed by atoms with Crippen molar-refractivity contribution in [3.05, 3.63) is 23.5 Å². The summed E-state index contributed by atoms with van der Waals surface area (Å²) >= 11 is 1.39. The number of rotatable bonds is 20. The molecule has 34 heavy (non-hydrogen) atoms. The maximum Gasteiger partial charge on any atom is 0.303 e. The minimum Gasteiger partial charge on any atom is -0.481 e. The summed E-state index contributed by atoms with van der Waals surface area (Å²) in [5.41, 5.74) is 6.84. The van der Waals surface area contributed by atoms with Crippen molar-refractivity contribution in [1.82, 2.24) is 9.55 Å². The molecule has 1 amide bonds. The molecule has 7 nitrogen and oxygen atoms in total. The number of imidazole rings is 1. The molecule has 1 aromatic heterocycles. The van der Waals surface area contributed by atoms with Gasteiger partial charge in [-0.3, -0.25) is 9.59 Å². The molecule has 1 rings (SSSR count). The normalized spacial score (nSPS) is 13.4. The summed E-state index contributed by atoms with van der Waals surface area (Å²) in [6.45, 7) is 4.08. The molecule has 8 heteroatoms. The first-order valence-electron chi connectivity index (χ1n) is 12.8. The maximum absolute atomic E-state index is 11.4. The molecule has 0 aliphatic carbocycles. The van der Waals surface area contributed by atoms with Crippen LogP contribution in [0.5, 0.6) is 0 Å². The van der Waals surface area contributed by atoms with Crippen LogP contribution in [0.4, 0.5) is 0 Å². The Morgan fingerprint density at radius 1 is 1.09 bits per heavy atom. The smallest absolute Gasteiger partial charge is 0.303 e. The van der Waals surface area contributed by atoms with E-state index in [1.54, 1.807) is 0 Å². The summed E-state index contributed by atoms with van der Waals surface area (Å²) < 4.78 is 1.83. The molecule has 0 saturated heterocycles. The van der Waals surface area contributed by atoms with Crippen LogP contribution in [0.1, 0.15) is 102 Å². The molecule has 0 aliphatic heterocycles. The van der Waals surface area contributed by atoms with Crippen LogP contribution < -0.4 is 5.73 Å². The maximum atomic E-state index is 11.4. The van der Waals surface area contributed by atoms with E-state index in [1.165, 1.54) is 69.5 Å². The Labute approximate surface area is 209 Å². The van der Waals surface area contributed by atoms with Crippen molar-refractivity contribution in [2.45, 2.75) is 120 Å². The predicted molar refractivity (Wildman–Crippen MR) is 139 cm³/mol. The lowest BCUT2D eigenvalue weighted by Crippen LogP contribution is -2.23. The zero-order chi connectivity index (χ0) is 25.3. The molecule has 2 unspecified atom stereocenters. The number of aromatic nitrogens is 2. The second kappa shape index (κ2) is 17.6. The quantitative estimate of drug-likeness (QED) is 0.128. The molecule has 1 heterocycles. The van der Waals surface area contributed by atoms with E-state index in [0.717, 1.165) is 24.2 Å². The fraction of sp³-hybridized carbons (Fsp3) is 0.731. The zero-order valence-electron chi connectivity index (χ0n) is 21.3. The van der Waals surface area contributed by atoms with E-state index in [-0.39, 0.29) is 24.5 Å². The number of thioether (sulfide) groups is 1. The van der Waals surface area contributed by atoms with Crippen molar-refractivity contribution in [2.24, 2.45) is 12.8 Å². The molecule has 0 aliphatic rings. The van der Waals surface area contributed by atoms with E-state index in [1.807, 2.05) is 24.6 Å². The van der Waals surface area contributed by atoms with Crippen LogP contribution in [-0.4, -0.2) is 43.0 Å². The van der Waals surface area contributed by atoms with Crippen LogP contribution in [0.3, 0.4) is 0 Å². The number of aliphatic carboxylic acids is 1. The molecule has 0 fully saturated rings. The van der Waals surface area contributed by atoms with E-state index in [2.05, 4.69) is 18.0 Å². The van der Waals surface area contributed by atoms with Gasteiger partial charge < -0.3 is 20.5 Å². The first kappa shape index (κ1) is 30.2. The summed E-state index contributed by atoms with van der Waals surface area (Å²) in [6, 6.07) is 0. The molecular formula is C26H45N3O4S. The standard InChI is InChI=1S/C26H45N3O4S/c1-4-5-6-7-8-9-10-11-12-13-14-15-16-23(22(30)17-18-25(32)33)34-26-28-20(2)21(29(26)3)19-24(27)31/h15-16,22-23,30H,4-14,17-19H2,1-3H3,(H2,27,31)(H,32,33). The second-order valence-electron chi connectivity index (χ2n) is 9.11. The summed E-state index contributed by atoms with van der Waals surface area (Å²) in [5, 5.41) is 20.0. The molecule has 0 radical (unpaired) electrons. The highest BCUT2D eigenvalue weighted by atomic mass is 32.2. The topological polar surface area (TPSA) is 118 Å². The molecule has 0 bridgehead atoms. The molecule has 0 aromatic carbocycles. The number of carbonyl (C=O) groups excluding carboxylic acids is 1. The average Bonchev–Trinajstić information content (AvgIpc) is 3.04. The highest BCUT2D eigenvalue weighted by Crippen LogP contribution is 2.29. The minimum atomic E-state index is -0.922. The van der Waals surface area contributed by atoms with Gasteiger partial charge in [-0.05, 0) is 26.2 Å². The lowest BCUT2D eigenvalue weighted by molar-refractivity contribution is -0.137. The number of amides is 1. The number of primary amides is 1. The van der Waals surface area contributed by atoms with Crippen LogP contribution in [-0.2, 0) is 23.1 Å². The van der Waals surface area contributed by atoms with Crippen LogP contribution in [0.2, 0.25) is 0 Å². The van der Waals surface area contributed by atoms with Crippen LogP contribution in [0.15, 0.2) is 17.3 Å². The Bertz CT molecular complexity index is 763. The predicted octanol–water partition coefficient (Wildman–Crippen LogP) is 5.31.